The molecule has 5 heteroatoms. The number of benzene rings is 1. The molecule has 3 rings (SSSR count). The third-order valence-electron chi connectivity index (χ3n) is 5.06. The molecule has 0 aromatic heterocycles. The highest BCUT2D eigenvalue weighted by Crippen LogP contribution is 2.48. The van der Waals surface area contributed by atoms with Gasteiger partial charge in [-0.3, -0.25) is 0 Å². The fraction of sp³-hybridized carbons (Fsp3) is 0.529. The van der Waals surface area contributed by atoms with Gasteiger partial charge in [-0.1, -0.05) is 12.2 Å². The summed E-state index contributed by atoms with van der Waals surface area (Å²) in [6.07, 6.45) is 5.56. The Balaban J connectivity index is 2.13. The van der Waals surface area contributed by atoms with Gasteiger partial charge < -0.3 is 19.5 Å². The second-order valence-corrected chi connectivity index (χ2v) is 7.00. The van der Waals surface area contributed by atoms with Gasteiger partial charge in [0.2, 0.25) is 0 Å². The molecule has 1 aromatic rings. The fourth-order valence-electron chi connectivity index (χ4n) is 3.87. The zero-order chi connectivity index (χ0) is 15.9. The van der Waals surface area contributed by atoms with Crippen LogP contribution in [-0.4, -0.2) is 50.0 Å². The first kappa shape index (κ1) is 15.8. The number of ether oxygens (including phenoxy) is 2. The van der Waals surface area contributed by atoms with Gasteiger partial charge in [-0.2, -0.15) is 0 Å². The summed E-state index contributed by atoms with van der Waals surface area (Å²) in [6, 6.07) is 4.49. The van der Waals surface area contributed by atoms with Crippen LogP contribution in [0.5, 0.6) is 11.5 Å². The number of likely N-dealkylation sites (tertiary alicyclic amines) is 1. The smallest absolute Gasteiger partial charge is 0.174 e. The third-order valence-corrected chi connectivity index (χ3v) is 5.65. The van der Waals surface area contributed by atoms with Crippen LogP contribution in [0, 0.1) is 0 Å². The van der Waals surface area contributed by atoms with Gasteiger partial charge in [-0.25, -0.2) is 0 Å². The lowest BCUT2D eigenvalue weighted by Crippen LogP contribution is -2.44. The zero-order valence-corrected chi connectivity index (χ0v) is 14.8. The third kappa shape index (κ3) is 2.36. The quantitative estimate of drug-likeness (QED) is 0.834. The van der Waals surface area contributed by atoms with E-state index in [9.17, 15) is 5.11 Å². The van der Waals surface area contributed by atoms with Crippen LogP contribution in [0.2, 0.25) is 0 Å². The van der Waals surface area contributed by atoms with Crippen molar-refractivity contribution in [1.82, 2.24) is 4.90 Å². The van der Waals surface area contributed by atoms with Gasteiger partial charge in [0.1, 0.15) is 0 Å². The van der Waals surface area contributed by atoms with Crippen LogP contribution < -0.4 is 9.47 Å². The number of fused-ring (bicyclic) bond motifs is 1. The van der Waals surface area contributed by atoms with Crippen molar-refractivity contribution in [2.75, 3.05) is 27.8 Å². The zero-order valence-electron chi connectivity index (χ0n) is 13.2. The molecule has 1 saturated heterocycles. The number of nitrogens with zero attached hydrogens (tertiary/aromatic N) is 1. The van der Waals surface area contributed by atoms with Crippen molar-refractivity contribution in [3.05, 3.63) is 34.3 Å². The summed E-state index contributed by atoms with van der Waals surface area (Å²) in [7, 11) is 5.43. The molecule has 22 heavy (non-hydrogen) atoms. The van der Waals surface area contributed by atoms with Crippen LogP contribution in [0.1, 0.15) is 18.4 Å². The number of halogens is 1. The molecule has 1 aliphatic carbocycles. The van der Waals surface area contributed by atoms with E-state index < -0.39 is 0 Å². The molecular weight excluding hydrogens is 346 g/mol. The SMILES string of the molecule is COc1cc([C@@]23C=C[C@@H](O)C[C@@H]2N(C)CC3)cc(Br)c1OC. The van der Waals surface area contributed by atoms with Crippen molar-refractivity contribution in [3.8, 4) is 11.5 Å². The van der Waals surface area contributed by atoms with Gasteiger partial charge in [0.25, 0.3) is 0 Å². The molecule has 2 aliphatic rings. The van der Waals surface area contributed by atoms with Crippen molar-refractivity contribution < 1.29 is 14.6 Å². The number of hydrogen-bond donors (Lipinski definition) is 1. The van der Waals surface area contributed by atoms with Gasteiger partial charge in [-0.05, 0) is 60.1 Å². The fourth-order valence-corrected chi connectivity index (χ4v) is 4.48. The second-order valence-electron chi connectivity index (χ2n) is 6.14. The van der Waals surface area contributed by atoms with Crippen molar-refractivity contribution in [2.24, 2.45) is 0 Å². The van der Waals surface area contributed by atoms with E-state index in [1.165, 1.54) is 5.56 Å². The molecule has 1 heterocycles. The summed E-state index contributed by atoms with van der Waals surface area (Å²) in [5.74, 6) is 1.44. The molecule has 0 bridgehead atoms. The Hall–Kier alpha value is -1.04. The Labute approximate surface area is 139 Å². The van der Waals surface area contributed by atoms with E-state index in [2.05, 4.69) is 46.1 Å². The largest absolute Gasteiger partial charge is 0.493 e. The molecule has 1 aliphatic heterocycles. The molecule has 4 nitrogen and oxygen atoms in total. The lowest BCUT2D eigenvalue weighted by atomic mass is 9.69. The first-order valence-corrected chi connectivity index (χ1v) is 8.31. The predicted molar refractivity (Wildman–Crippen MR) is 89.7 cm³/mol. The van der Waals surface area contributed by atoms with Gasteiger partial charge in [-0.15, -0.1) is 0 Å². The molecule has 120 valence electrons. The lowest BCUT2D eigenvalue weighted by molar-refractivity contribution is 0.137. The molecule has 0 radical (unpaired) electrons. The van der Waals surface area contributed by atoms with Crippen molar-refractivity contribution in [1.29, 1.82) is 0 Å². The molecule has 1 fully saturated rings. The predicted octanol–water partition coefficient (Wildman–Crippen LogP) is 2.73. The highest BCUT2D eigenvalue weighted by molar-refractivity contribution is 9.10. The van der Waals surface area contributed by atoms with Crippen LogP contribution in [0.25, 0.3) is 0 Å². The summed E-state index contributed by atoms with van der Waals surface area (Å²) >= 11 is 3.59. The van der Waals surface area contributed by atoms with Crippen LogP contribution in [0.3, 0.4) is 0 Å². The van der Waals surface area contributed by atoms with Crippen LogP contribution in [0.4, 0.5) is 0 Å². The molecule has 1 N–H and O–H groups in total. The van der Waals surface area contributed by atoms with Crippen LogP contribution in [0.15, 0.2) is 28.8 Å². The summed E-state index contributed by atoms with van der Waals surface area (Å²) in [4.78, 5) is 2.34. The minimum absolute atomic E-state index is 0.0734. The molecular formula is C17H22BrNO3. The highest BCUT2D eigenvalue weighted by Gasteiger charge is 2.48. The summed E-state index contributed by atoms with van der Waals surface area (Å²) < 4.78 is 11.8. The Morgan fingerprint density at radius 2 is 2.09 bits per heavy atom. The van der Waals surface area contributed by atoms with Crippen molar-refractivity contribution in [2.45, 2.75) is 30.4 Å². The molecule has 0 amide bonds. The number of hydrogen-bond acceptors (Lipinski definition) is 4. The number of aliphatic hydroxyl groups is 1. The molecule has 0 unspecified atom stereocenters. The Bertz CT molecular complexity index is 604. The van der Waals surface area contributed by atoms with Gasteiger partial charge in [0.05, 0.1) is 24.8 Å². The van der Waals surface area contributed by atoms with Gasteiger partial charge in [0.15, 0.2) is 11.5 Å². The van der Waals surface area contributed by atoms with E-state index in [0.29, 0.717) is 11.8 Å². The monoisotopic (exact) mass is 367 g/mol. The summed E-state index contributed by atoms with van der Waals surface area (Å²) in [5, 5.41) is 10.0. The van der Waals surface area contributed by atoms with Crippen molar-refractivity contribution >= 4 is 15.9 Å². The van der Waals surface area contributed by atoms with E-state index in [-0.39, 0.29) is 11.5 Å². The highest BCUT2D eigenvalue weighted by atomic mass is 79.9. The first-order valence-electron chi connectivity index (χ1n) is 7.51. The second kappa shape index (κ2) is 5.87. The van der Waals surface area contributed by atoms with Crippen molar-refractivity contribution in [3.63, 3.8) is 0 Å². The summed E-state index contributed by atoms with van der Waals surface area (Å²) in [5.41, 5.74) is 1.13. The lowest BCUT2D eigenvalue weighted by Gasteiger charge is -2.39. The maximum Gasteiger partial charge on any atom is 0.174 e. The normalized spacial score (nSPS) is 31.1. The number of rotatable bonds is 3. The standard InChI is InChI=1S/C17H22BrNO3/c1-19-7-6-17(5-4-12(20)10-15(17)19)11-8-13(18)16(22-3)14(9-11)21-2/h4-5,8-9,12,15,20H,6-7,10H2,1-3H3/t12-,15+,17+/m1/s1. The molecule has 0 saturated carbocycles. The van der Waals surface area contributed by atoms with Gasteiger partial charge in [0, 0.05) is 11.5 Å². The summed E-state index contributed by atoms with van der Waals surface area (Å²) in [6.45, 7) is 1.02. The maximum atomic E-state index is 10.0. The Morgan fingerprint density at radius 1 is 1.32 bits per heavy atom. The van der Waals surface area contributed by atoms with E-state index >= 15 is 0 Å². The average molecular weight is 368 g/mol. The van der Waals surface area contributed by atoms with E-state index in [1.54, 1.807) is 14.2 Å². The first-order chi connectivity index (χ1) is 10.5. The van der Waals surface area contributed by atoms with Gasteiger partial charge >= 0.3 is 0 Å². The molecule has 3 atom stereocenters. The molecule has 1 aromatic carbocycles. The van der Waals surface area contributed by atoms with Crippen LogP contribution >= 0.6 is 15.9 Å². The minimum atomic E-state index is -0.359. The molecule has 0 spiro atoms. The van der Waals surface area contributed by atoms with E-state index in [4.69, 9.17) is 9.47 Å². The topological polar surface area (TPSA) is 41.9 Å². The average Bonchev–Trinajstić information content (AvgIpc) is 2.84. The van der Waals surface area contributed by atoms with E-state index in [0.717, 1.165) is 29.6 Å². The maximum absolute atomic E-state index is 10.0. The van der Waals surface area contributed by atoms with E-state index in [1.807, 2.05) is 6.08 Å². The number of methoxy groups -OCH3 is 2. The minimum Gasteiger partial charge on any atom is -0.493 e. The number of aliphatic hydroxyl groups excluding tert-OH is 1. The Morgan fingerprint density at radius 3 is 2.77 bits per heavy atom. The van der Waals surface area contributed by atoms with Crippen LogP contribution in [-0.2, 0) is 5.41 Å². The number of likely N-dealkylation sites (N-methyl/N-ethyl adjacent to an activating group) is 1. The Kier molecular flexibility index (Phi) is 4.23.